The van der Waals surface area contributed by atoms with E-state index in [4.69, 9.17) is 23.2 Å². The van der Waals surface area contributed by atoms with Crippen LogP contribution in [0.2, 0.25) is 5.02 Å². The summed E-state index contributed by atoms with van der Waals surface area (Å²) in [6.45, 7) is 1.47. The lowest BCUT2D eigenvalue weighted by Crippen LogP contribution is -2.33. The van der Waals surface area contributed by atoms with Crippen molar-refractivity contribution in [2.45, 2.75) is 11.8 Å². The third kappa shape index (κ3) is 5.24. The fraction of sp³-hybridized carbons (Fsp3) is 0.0357. The molecule has 4 aromatic carbocycles. The Balaban J connectivity index is 2.09. The third-order valence-corrected chi connectivity index (χ3v) is 11.2. The predicted molar refractivity (Wildman–Crippen MR) is 148 cm³/mol. The van der Waals surface area contributed by atoms with Gasteiger partial charge in [-0.25, -0.2) is 4.99 Å². The Bertz CT molecular complexity index is 1190. The molecule has 0 bridgehead atoms. The third-order valence-electron chi connectivity index (χ3n) is 5.21. The highest BCUT2D eigenvalue weighted by atomic mass is 35.5. The lowest BCUT2D eigenvalue weighted by Gasteiger charge is -2.28. The molecule has 2 nitrogen and oxygen atoms in total. The van der Waals surface area contributed by atoms with Gasteiger partial charge >= 0.3 is 0 Å². The summed E-state index contributed by atoms with van der Waals surface area (Å²) in [7, 11) is -2.61. The van der Waals surface area contributed by atoms with Crippen LogP contribution in [0.1, 0.15) is 6.92 Å². The first kappa shape index (κ1) is 24.6. The Hall–Kier alpha value is -2.55. The molecule has 0 fully saturated rings. The minimum absolute atomic E-state index is 0.294. The van der Waals surface area contributed by atoms with E-state index in [9.17, 15) is 5.11 Å². The topological polar surface area (TPSA) is 35.4 Å². The van der Waals surface area contributed by atoms with Crippen molar-refractivity contribution in [1.82, 2.24) is 0 Å². The van der Waals surface area contributed by atoms with Gasteiger partial charge < -0.3 is 5.11 Å². The molecule has 0 heterocycles. The molecular formula is C28H22Cl2NOPS. The van der Waals surface area contributed by atoms with E-state index in [-0.39, 0.29) is 5.90 Å². The Labute approximate surface area is 215 Å². The van der Waals surface area contributed by atoms with Gasteiger partial charge in [-0.15, -0.1) is 0 Å². The van der Waals surface area contributed by atoms with Crippen molar-refractivity contribution in [3.63, 3.8) is 0 Å². The molecule has 170 valence electrons. The number of nitrogens with zero attached hydrogens (tertiary/aromatic N) is 1. The molecule has 0 saturated heterocycles. The second kappa shape index (κ2) is 11.3. The van der Waals surface area contributed by atoms with Crippen LogP contribution < -0.4 is 21.0 Å². The molecular weight excluding hydrogens is 500 g/mol. The number of thioether (sulfide) groups is 1. The summed E-state index contributed by atoms with van der Waals surface area (Å²) in [5, 5.41) is 16.4. The second-order valence-electron chi connectivity index (χ2n) is 7.46. The van der Waals surface area contributed by atoms with Crippen molar-refractivity contribution in [1.29, 1.82) is 0 Å². The van der Waals surface area contributed by atoms with Crippen LogP contribution in [0.3, 0.4) is 0 Å². The summed E-state index contributed by atoms with van der Waals surface area (Å²) in [5.41, 5.74) is 0.588. The maximum absolute atomic E-state index is 12.5. The fourth-order valence-electron chi connectivity index (χ4n) is 3.82. The maximum Gasteiger partial charge on any atom is 0.222 e. The standard InChI is InChI=1S/C28H22Cl2NOPS/c1-21(32)31-28(27(30)34-26-19-17-22(29)18-20-26)33(23-11-5-2-6-12-23,24-13-7-3-8-14-24)25-15-9-4-10-16-25/h2-20H,1H3/b28-27+. The smallest absolute Gasteiger partial charge is 0.222 e. The molecule has 0 radical (unpaired) electrons. The zero-order chi connectivity index (χ0) is 24.0. The summed E-state index contributed by atoms with van der Waals surface area (Å²) < 4.78 is 0.461. The highest BCUT2D eigenvalue weighted by molar-refractivity contribution is 8.06. The van der Waals surface area contributed by atoms with E-state index in [0.717, 1.165) is 20.8 Å². The van der Waals surface area contributed by atoms with Crippen LogP contribution >= 0.6 is 42.2 Å². The van der Waals surface area contributed by atoms with Crippen molar-refractivity contribution in [2.75, 3.05) is 0 Å². The highest BCUT2D eigenvalue weighted by Crippen LogP contribution is 2.65. The molecule has 4 aromatic rings. The molecule has 0 aliphatic carbocycles. The molecule has 0 aliphatic heterocycles. The summed E-state index contributed by atoms with van der Waals surface area (Å²) in [5.74, 6) is -0.294. The Morgan fingerprint density at radius 2 is 1.12 bits per heavy atom. The van der Waals surface area contributed by atoms with Gasteiger partial charge in [-0.05, 0) is 73.5 Å². The first-order valence-electron chi connectivity index (χ1n) is 10.6. The van der Waals surface area contributed by atoms with Gasteiger partial charge in [0.1, 0.15) is 20.3 Å². The van der Waals surface area contributed by atoms with E-state index in [0.29, 0.717) is 14.8 Å². The number of rotatable bonds is 7. The van der Waals surface area contributed by atoms with Crippen molar-refractivity contribution in [3.05, 3.63) is 130 Å². The molecule has 0 saturated carbocycles. The van der Waals surface area contributed by atoms with E-state index in [1.54, 1.807) is 0 Å². The van der Waals surface area contributed by atoms with E-state index >= 15 is 0 Å². The molecule has 6 heteroatoms. The van der Waals surface area contributed by atoms with Gasteiger partial charge in [-0.3, -0.25) is 0 Å². The molecule has 4 rings (SSSR count). The molecule has 0 aromatic heterocycles. The number of hydrogen-bond donors (Lipinski definition) is 0. The van der Waals surface area contributed by atoms with Gasteiger partial charge in [-0.2, -0.15) is 0 Å². The minimum Gasteiger partial charge on any atom is -0.862 e. The maximum atomic E-state index is 12.5. The Morgan fingerprint density at radius 3 is 1.50 bits per heavy atom. The van der Waals surface area contributed by atoms with Crippen molar-refractivity contribution in [3.8, 4) is 0 Å². The van der Waals surface area contributed by atoms with E-state index in [2.05, 4.69) is 41.4 Å². The van der Waals surface area contributed by atoms with Gasteiger partial charge in [0.05, 0.1) is 0 Å². The average Bonchev–Trinajstić information content (AvgIpc) is 2.87. The van der Waals surface area contributed by atoms with Gasteiger partial charge in [0, 0.05) is 9.92 Å². The van der Waals surface area contributed by atoms with Gasteiger partial charge in [0.2, 0.25) is 5.44 Å². The summed E-state index contributed by atoms with van der Waals surface area (Å²) in [6, 6.07) is 38.1. The molecule has 0 aliphatic rings. The van der Waals surface area contributed by atoms with Crippen LogP contribution in [0.5, 0.6) is 0 Å². The summed E-state index contributed by atoms with van der Waals surface area (Å²) in [4.78, 5) is 5.52. The minimum atomic E-state index is -2.61. The van der Waals surface area contributed by atoms with Crippen LogP contribution in [-0.4, -0.2) is 5.90 Å². The zero-order valence-corrected chi connectivity index (χ0v) is 21.7. The Morgan fingerprint density at radius 1 is 0.706 bits per heavy atom. The van der Waals surface area contributed by atoms with Crippen LogP contribution in [0, 0.1) is 0 Å². The molecule has 0 N–H and O–H groups in total. The van der Waals surface area contributed by atoms with Crippen LogP contribution in [0.15, 0.2) is 135 Å². The second-order valence-corrected chi connectivity index (χ2v) is 12.9. The Kier molecular flexibility index (Phi) is 8.13. The number of benzene rings is 4. The molecule has 0 unspecified atom stereocenters. The SMILES string of the molecule is C/C([O-])=N/C(=C(/Cl)Sc1ccc(Cl)cc1)[P+](c1ccccc1)(c1ccccc1)c1ccccc1. The predicted octanol–water partition coefficient (Wildman–Crippen LogP) is 6.57. The fourth-order valence-corrected chi connectivity index (χ4v) is 9.84. The highest BCUT2D eigenvalue weighted by Gasteiger charge is 2.51. The van der Waals surface area contributed by atoms with E-state index < -0.39 is 7.26 Å². The molecule has 0 atom stereocenters. The zero-order valence-electron chi connectivity index (χ0n) is 18.4. The summed E-state index contributed by atoms with van der Waals surface area (Å²) in [6.07, 6.45) is 0. The number of halogens is 2. The molecule has 34 heavy (non-hydrogen) atoms. The van der Waals surface area contributed by atoms with Gasteiger partial charge in [-0.1, -0.05) is 89.6 Å². The molecule has 0 amide bonds. The van der Waals surface area contributed by atoms with Crippen molar-refractivity contribution < 1.29 is 5.11 Å². The largest absolute Gasteiger partial charge is 0.862 e. The van der Waals surface area contributed by atoms with E-state index in [1.807, 2.05) is 78.9 Å². The first-order chi connectivity index (χ1) is 16.5. The number of hydrogen-bond acceptors (Lipinski definition) is 3. The average molecular weight is 522 g/mol. The summed E-state index contributed by atoms with van der Waals surface area (Å²) >= 11 is 14.6. The van der Waals surface area contributed by atoms with Crippen LogP contribution in [0.4, 0.5) is 0 Å². The normalized spacial score (nSPS) is 12.9. The van der Waals surface area contributed by atoms with Gasteiger partial charge in [0.25, 0.3) is 0 Å². The lowest BCUT2D eigenvalue weighted by molar-refractivity contribution is -0.215. The van der Waals surface area contributed by atoms with Crippen molar-refractivity contribution >= 4 is 64.0 Å². The molecule has 0 spiro atoms. The van der Waals surface area contributed by atoms with Crippen LogP contribution in [0.25, 0.3) is 0 Å². The monoisotopic (exact) mass is 521 g/mol. The quantitative estimate of drug-likeness (QED) is 0.119. The van der Waals surface area contributed by atoms with Gasteiger partial charge in [0.15, 0.2) is 7.26 Å². The van der Waals surface area contributed by atoms with E-state index in [1.165, 1.54) is 18.7 Å². The van der Waals surface area contributed by atoms with Crippen molar-refractivity contribution in [2.24, 2.45) is 4.99 Å². The number of aliphatic imine (C=N–C) groups is 1. The lowest BCUT2D eigenvalue weighted by atomic mass is 10.4. The van der Waals surface area contributed by atoms with Crippen LogP contribution in [-0.2, 0) is 0 Å². The first-order valence-corrected chi connectivity index (χ1v) is 14.0.